The second-order valence-electron chi connectivity index (χ2n) is 7.23. The van der Waals surface area contributed by atoms with Crippen LogP contribution in [0, 0.1) is 0 Å². The van der Waals surface area contributed by atoms with E-state index in [-0.39, 0.29) is 11.8 Å². The van der Waals surface area contributed by atoms with Crippen LogP contribution in [0.15, 0.2) is 72.1 Å². The summed E-state index contributed by atoms with van der Waals surface area (Å²) in [4.78, 5) is 34.1. The summed E-state index contributed by atoms with van der Waals surface area (Å²) in [6, 6.07) is 16.6. The second-order valence-corrected chi connectivity index (χ2v) is 8.01. The van der Waals surface area contributed by atoms with Gasteiger partial charge >= 0.3 is 0 Å². The first-order valence-corrected chi connectivity index (χ1v) is 11.1. The lowest BCUT2D eigenvalue weighted by Gasteiger charge is -2.37. The number of aromatic nitrogens is 2. The molecule has 2 amide bonds. The molecule has 4 rings (SSSR count). The topological polar surface area (TPSA) is 58.4 Å². The van der Waals surface area contributed by atoms with E-state index in [1.165, 1.54) is 0 Å². The molecule has 0 spiro atoms. The van der Waals surface area contributed by atoms with E-state index >= 15 is 0 Å². The number of rotatable bonds is 5. The molecule has 0 aliphatic carbocycles. The molecule has 1 atom stereocenters. The molecule has 1 aliphatic rings. The number of para-hydroxylation sites is 1. The first-order valence-electron chi connectivity index (χ1n) is 9.91. The van der Waals surface area contributed by atoms with Crippen molar-refractivity contribution in [2.45, 2.75) is 24.0 Å². The van der Waals surface area contributed by atoms with Gasteiger partial charge in [-0.25, -0.2) is 4.98 Å². The van der Waals surface area contributed by atoms with Crippen LogP contribution < -0.4 is 4.90 Å². The summed E-state index contributed by atoms with van der Waals surface area (Å²) in [5.74, 6) is -0.185. The monoisotopic (exact) mass is 420 g/mol. The van der Waals surface area contributed by atoms with E-state index in [9.17, 15) is 9.59 Å². The Morgan fingerprint density at radius 1 is 1.13 bits per heavy atom. The molecular weight excluding hydrogens is 396 g/mol. The van der Waals surface area contributed by atoms with Gasteiger partial charge in [0.1, 0.15) is 6.04 Å². The van der Waals surface area contributed by atoms with Crippen molar-refractivity contribution in [2.24, 2.45) is 0 Å². The van der Waals surface area contributed by atoms with E-state index in [2.05, 4.69) is 4.98 Å². The number of hydrogen-bond donors (Lipinski definition) is 0. The van der Waals surface area contributed by atoms with Crippen LogP contribution in [0.3, 0.4) is 0 Å². The lowest BCUT2D eigenvalue weighted by molar-refractivity contribution is -0.124. The molecule has 0 saturated carbocycles. The highest BCUT2D eigenvalue weighted by Crippen LogP contribution is 2.25. The largest absolute Gasteiger partial charge is 0.330 e. The molecule has 3 aromatic rings. The fraction of sp³-hybridized carbons (Fsp3) is 0.261. The van der Waals surface area contributed by atoms with Crippen molar-refractivity contribution in [3.63, 3.8) is 0 Å². The zero-order valence-electron chi connectivity index (χ0n) is 17.1. The minimum absolute atomic E-state index is 0.0290. The van der Waals surface area contributed by atoms with Crippen LogP contribution in [-0.4, -0.2) is 52.2 Å². The average molecular weight is 421 g/mol. The zero-order chi connectivity index (χ0) is 21.1. The van der Waals surface area contributed by atoms with E-state index in [1.54, 1.807) is 40.9 Å². The molecule has 0 radical (unpaired) electrons. The van der Waals surface area contributed by atoms with E-state index in [0.29, 0.717) is 18.5 Å². The van der Waals surface area contributed by atoms with Crippen LogP contribution in [0.2, 0.25) is 0 Å². The van der Waals surface area contributed by atoms with E-state index in [0.717, 1.165) is 23.0 Å². The van der Waals surface area contributed by atoms with Crippen LogP contribution in [0.4, 0.5) is 5.69 Å². The Labute approximate surface area is 180 Å². The molecule has 1 aliphatic heterocycles. The van der Waals surface area contributed by atoms with Crippen molar-refractivity contribution in [3.05, 3.63) is 72.6 Å². The van der Waals surface area contributed by atoms with Gasteiger partial charge in [-0.2, -0.15) is 0 Å². The lowest BCUT2D eigenvalue weighted by atomic mass is 10.0. The quantitative estimate of drug-likeness (QED) is 0.588. The van der Waals surface area contributed by atoms with E-state index in [4.69, 9.17) is 0 Å². The maximum Gasteiger partial charge on any atom is 0.254 e. The number of piperidine rings is 1. The van der Waals surface area contributed by atoms with Gasteiger partial charge < -0.3 is 9.80 Å². The Hall–Kier alpha value is -3.06. The Balaban J connectivity index is 1.56. The number of likely N-dealkylation sites (N-methyl/N-ethyl adjacent to an activating group) is 1. The predicted molar refractivity (Wildman–Crippen MR) is 119 cm³/mol. The van der Waals surface area contributed by atoms with Gasteiger partial charge in [0.25, 0.3) is 5.91 Å². The van der Waals surface area contributed by atoms with Gasteiger partial charge in [-0.3, -0.25) is 14.2 Å². The van der Waals surface area contributed by atoms with Gasteiger partial charge in [0.15, 0.2) is 5.16 Å². The fourth-order valence-corrected chi connectivity index (χ4v) is 4.38. The minimum atomic E-state index is -0.467. The molecule has 1 unspecified atom stereocenters. The normalized spacial score (nSPS) is 16.5. The average Bonchev–Trinajstić information content (AvgIpc) is 3.28. The number of hydrogen-bond acceptors (Lipinski definition) is 4. The van der Waals surface area contributed by atoms with Crippen LogP contribution >= 0.6 is 11.8 Å². The van der Waals surface area contributed by atoms with Gasteiger partial charge in [0, 0.05) is 42.9 Å². The molecule has 1 saturated heterocycles. The Morgan fingerprint density at radius 2 is 1.90 bits per heavy atom. The van der Waals surface area contributed by atoms with E-state index < -0.39 is 6.04 Å². The van der Waals surface area contributed by atoms with Crippen molar-refractivity contribution in [2.75, 3.05) is 24.7 Å². The number of benzene rings is 2. The Morgan fingerprint density at radius 3 is 2.67 bits per heavy atom. The number of amides is 2. The molecule has 1 aromatic heterocycles. The van der Waals surface area contributed by atoms with Gasteiger partial charge in [0.2, 0.25) is 5.91 Å². The minimum Gasteiger partial charge on any atom is -0.330 e. The molecule has 7 heteroatoms. The number of carbonyl (C=O) groups excluding carboxylic acids is 2. The van der Waals surface area contributed by atoms with Crippen LogP contribution in [0.5, 0.6) is 0 Å². The van der Waals surface area contributed by atoms with Crippen molar-refractivity contribution in [1.29, 1.82) is 0 Å². The Bertz CT molecular complexity index is 1050. The van der Waals surface area contributed by atoms with Crippen LogP contribution in [-0.2, 0) is 4.79 Å². The third-order valence-electron chi connectivity index (χ3n) is 5.43. The van der Waals surface area contributed by atoms with Gasteiger partial charge in [-0.1, -0.05) is 36.0 Å². The highest BCUT2D eigenvalue weighted by atomic mass is 32.2. The summed E-state index contributed by atoms with van der Waals surface area (Å²) in [6.07, 6.45) is 7.11. The standard InChI is InChI=1S/C23H24N4O2S/c1-25(20-12-7-14-26(22(20)29)18-9-4-3-5-10-18)21(28)17-8-6-11-19(16-17)27-15-13-24-23(27)30-2/h3-6,8-11,13,15-16,20H,7,12,14H2,1-2H3. The molecular formula is C23H24N4O2S. The molecule has 0 N–H and O–H groups in total. The lowest BCUT2D eigenvalue weighted by Crippen LogP contribution is -2.53. The summed E-state index contributed by atoms with van der Waals surface area (Å²) in [5, 5.41) is 0.855. The summed E-state index contributed by atoms with van der Waals surface area (Å²) in [7, 11) is 1.72. The highest BCUT2D eigenvalue weighted by Gasteiger charge is 2.34. The first kappa shape index (κ1) is 20.2. The number of nitrogens with zero attached hydrogens (tertiary/aromatic N) is 4. The molecule has 0 bridgehead atoms. The van der Waals surface area contributed by atoms with Crippen molar-refractivity contribution in [1.82, 2.24) is 14.5 Å². The number of imidazole rings is 1. The van der Waals surface area contributed by atoms with E-state index in [1.807, 2.05) is 65.6 Å². The summed E-state index contributed by atoms with van der Waals surface area (Å²) >= 11 is 1.54. The summed E-state index contributed by atoms with van der Waals surface area (Å²) < 4.78 is 1.95. The third-order valence-corrected chi connectivity index (χ3v) is 6.09. The maximum absolute atomic E-state index is 13.2. The number of anilines is 1. The summed E-state index contributed by atoms with van der Waals surface area (Å²) in [6.45, 7) is 0.676. The van der Waals surface area contributed by atoms with Crippen molar-refractivity contribution < 1.29 is 9.59 Å². The summed E-state index contributed by atoms with van der Waals surface area (Å²) in [5.41, 5.74) is 2.30. The molecule has 1 fully saturated rings. The van der Waals surface area contributed by atoms with Gasteiger partial charge in [0.05, 0.1) is 0 Å². The van der Waals surface area contributed by atoms with Gasteiger partial charge in [-0.15, -0.1) is 0 Å². The van der Waals surface area contributed by atoms with Crippen molar-refractivity contribution >= 4 is 29.3 Å². The predicted octanol–water partition coefficient (Wildman–Crippen LogP) is 3.86. The molecule has 2 aromatic carbocycles. The molecule has 30 heavy (non-hydrogen) atoms. The second kappa shape index (κ2) is 8.75. The fourth-order valence-electron chi connectivity index (χ4n) is 3.85. The number of carbonyl (C=O) groups is 2. The van der Waals surface area contributed by atoms with Crippen LogP contribution in [0.25, 0.3) is 5.69 Å². The molecule has 6 nitrogen and oxygen atoms in total. The number of thioether (sulfide) groups is 1. The molecule has 154 valence electrons. The first-order chi connectivity index (χ1) is 14.6. The zero-order valence-corrected chi connectivity index (χ0v) is 17.9. The van der Waals surface area contributed by atoms with Crippen LogP contribution in [0.1, 0.15) is 23.2 Å². The van der Waals surface area contributed by atoms with Gasteiger partial charge in [-0.05, 0) is 49.4 Å². The third kappa shape index (κ3) is 3.85. The Kier molecular flexibility index (Phi) is 5.90. The smallest absolute Gasteiger partial charge is 0.254 e. The highest BCUT2D eigenvalue weighted by molar-refractivity contribution is 7.98. The molecule has 2 heterocycles. The SMILES string of the molecule is CSc1nccn1-c1cccc(C(=O)N(C)C2CCCN(c3ccccc3)C2=O)c1. The maximum atomic E-state index is 13.2. The van der Waals surface area contributed by atoms with Crippen molar-refractivity contribution in [3.8, 4) is 5.69 Å².